The largest absolute Gasteiger partial charge is 0.384 e. The van der Waals surface area contributed by atoms with Crippen LogP contribution in [0.1, 0.15) is 36.3 Å². The highest BCUT2D eigenvalue weighted by Crippen LogP contribution is 2.33. The molecule has 0 spiro atoms. The van der Waals surface area contributed by atoms with Gasteiger partial charge in [0.05, 0.1) is 29.8 Å². The lowest BCUT2D eigenvalue weighted by Gasteiger charge is -2.33. The van der Waals surface area contributed by atoms with Crippen LogP contribution >= 0.6 is 0 Å². The van der Waals surface area contributed by atoms with E-state index in [9.17, 15) is 9.59 Å². The molecule has 1 aliphatic rings. The highest BCUT2D eigenvalue weighted by molar-refractivity contribution is 5.95. The summed E-state index contributed by atoms with van der Waals surface area (Å²) in [5.74, 6) is 1.14. The molecule has 4 aromatic rings. The van der Waals surface area contributed by atoms with Crippen LogP contribution in [0.3, 0.4) is 0 Å². The van der Waals surface area contributed by atoms with Crippen LogP contribution in [-0.4, -0.2) is 57.5 Å². The summed E-state index contributed by atoms with van der Waals surface area (Å²) in [4.78, 5) is 42.7. The summed E-state index contributed by atoms with van der Waals surface area (Å²) in [5.41, 5.74) is 9.96. The van der Waals surface area contributed by atoms with Crippen molar-refractivity contribution in [3.63, 3.8) is 0 Å². The van der Waals surface area contributed by atoms with Crippen molar-refractivity contribution in [1.82, 2.24) is 24.8 Å². The fourth-order valence-corrected chi connectivity index (χ4v) is 5.09. The zero-order valence-corrected chi connectivity index (χ0v) is 21.5. The predicted molar refractivity (Wildman–Crippen MR) is 147 cm³/mol. The lowest BCUT2D eigenvalue weighted by atomic mass is 9.86. The van der Waals surface area contributed by atoms with Crippen LogP contribution in [-0.2, 0) is 9.53 Å². The average Bonchev–Trinajstić information content (AvgIpc) is 2.92. The number of ether oxygens (including phenoxy) is 1. The molecule has 4 N–H and O–H groups in total. The SMILES string of the molecule is COCCC(=O)N1CCC(c2ccc(Nc3nc(-c4ccnc(N)n4)cc4cc[nH]c(=O)c34)cc2C)CC1. The first-order valence-electron chi connectivity index (χ1n) is 12.7. The van der Waals surface area contributed by atoms with Crippen LogP contribution in [0.15, 0.2) is 53.6 Å². The van der Waals surface area contributed by atoms with Crippen molar-refractivity contribution in [2.24, 2.45) is 0 Å². The zero-order chi connectivity index (χ0) is 26.6. The molecule has 38 heavy (non-hydrogen) atoms. The van der Waals surface area contributed by atoms with Gasteiger partial charge < -0.3 is 25.7 Å². The number of aromatic amines is 1. The summed E-state index contributed by atoms with van der Waals surface area (Å²) in [7, 11) is 1.61. The Balaban J connectivity index is 1.39. The van der Waals surface area contributed by atoms with Gasteiger partial charge in [-0.3, -0.25) is 9.59 Å². The van der Waals surface area contributed by atoms with E-state index in [1.165, 1.54) is 5.56 Å². The summed E-state index contributed by atoms with van der Waals surface area (Å²) < 4.78 is 5.04. The maximum Gasteiger partial charge on any atom is 0.259 e. The number of nitrogens with two attached hydrogens (primary N) is 1. The third-order valence-corrected chi connectivity index (χ3v) is 7.03. The van der Waals surface area contributed by atoms with Gasteiger partial charge in [-0.1, -0.05) is 6.07 Å². The molecule has 5 rings (SSSR count). The van der Waals surface area contributed by atoms with Crippen LogP contribution < -0.4 is 16.6 Å². The Labute approximate surface area is 220 Å². The van der Waals surface area contributed by atoms with E-state index >= 15 is 0 Å². The first kappa shape index (κ1) is 25.3. The molecule has 0 radical (unpaired) electrons. The Morgan fingerprint density at radius 2 is 1.97 bits per heavy atom. The normalized spacial score (nSPS) is 14.1. The van der Waals surface area contributed by atoms with E-state index in [1.54, 1.807) is 25.6 Å². The molecule has 10 nitrogen and oxygen atoms in total. The van der Waals surface area contributed by atoms with Crippen molar-refractivity contribution in [2.75, 3.05) is 37.9 Å². The summed E-state index contributed by atoms with van der Waals surface area (Å²) >= 11 is 0. The number of nitrogens with zero attached hydrogens (tertiary/aromatic N) is 4. The molecule has 196 valence electrons. The highest BCUT2D eigenvalue weighted by Gasteiger charge is 2.24. The lowest BCUT2D eigenvalue weighted by Crippen LogP contribution is -2.38. The van der Waals surface area contributed by atoms with E-state index in [0.717, 1.165) is 42.6 Å². The molecule has 1 fully saturated rings. The van der Waals surface area contributed by atoms with Crippen molar-refractivity contribution < 1.29 is 9.53 Å². The minimum Gasteiger partial charge on any atom is -0.384 e. The molecule has 0 aliphatic carbocycles. The second-order valence-corrected chi connectivity index (χ2v) is 9.52. The zero-order valence-electron chi connectivity index (χ0n) is 21.5. The van der Waals surface area contributed by atoms with Crippen LogP contribution in [0.2, 0.25) is 0 Å². The number of nitrogens with one attached hydrogen (secondary N) is 2. The molecule has 10 heteroatoms. The number of carbonyl (C=O) groups excluding carboxylic acids is 1. The predicted octanol–water partition coefficient (Wildman–Crippen LogP) is 3.76. The topological polar surface area (TPSA) is 139 Å². The van der Waals surface area contributed by atoms with Crippen molar-refractivity contribution in [1.29, 1.82) is 0 Å². The second-order valence-electron chi connectivity index (χ2n) is 9.52. The van der Waals surface area contributed by atoms with E-state index in [2.05, 4.69) is 39.3 Å². The second kappa shape index (κ2) is 11.0. The molecule has 3 aromatic heterocycles. The number of rotatable bonds is 7. The molecule has 0 unspecified atom stereocenters. The molecule has 0 bridgehead atoms. The summed E-state index contributed by atoms with van der Waals surface area (Å²) in [6.07, 6.45) is 5.48. The number of benzene rings is 1. The van der Waals surface area contributed by atoms with Crippen LogP contribution in [0.25, 0.3) is 22.2 Å². The summed E-state index contributed by atoms with van der Waals surface area (Å²) in [6.45, 7) is 4.06. The van der Waals surface area contributed by atoms with Crippen molar-refractivity contribution >= 4 is 34.1 Å². The van der Waals surface area contributed by atoms with Gasteiger partial charge in [0.2, 0.25) is 11.9 Å². The van der Waals surface area contributed by atoms with Gasteiger partial charge in [0.15, 0.2) is 0 Å². The van der Waals surface area contributed by atoms with Gasteiger partial charge in [-0.25, -0.2) is 15.0 Å². The first-order valence-corrected chi connectivity index (χ1v) is 12.7. The molecular formula is C28H31N7O3. The van der Waals surface area contributed by atoms with E-state index in [0.29, 0.717) is 41.5 Å². The number of methoxy groups -OCH3 is 1. The number of aromatic nitrogens is 4. The van der Waals surface area contributed by atoms with Gasteiger partial charge in [-0.2, -0.15) is 0 Å². The number of hydrogen-bond donors (Lipinski definition) is 3. The van der Waals surface area contributed by atoms with Gasteiger partial charge in [0, 0.05) is 38.3 Å². The van der Waals surface area contributed by atoms with Crippen molar-refractivity contribution in [2.45, 2.75) is 32.1 Å². The number of carbonyl (C=O) groups is 1. The fraction of sp³-hybridized carbons (Fsp3) is 0.321. The van der Waals surface area contributed by atoms with E-state index in [1.807, 2.05) is 23.1 Å². The van der Waals surface area contributed by atoms with Crippen LogP contribution in [0, 0.1) is 6.92 Å². The average molecular weight is 514 g/mol. The maximum absolute atomic E-state index is 12.7. The third kappa shape index (κ3) is 5.35. The van der Waals surface area contributed by atoms with Gasteiger partial charge in [0.25, 0.3) is 5.56 Å². The highest BCUT2D eigenvalue weighted by atomic mass is 16.5. The van der Waals surface area contributed by atoms with Gasteiger partial charge >= 0.3 is 0 Å². The number of piperidine rings is 1. The first-order chi connectivity index (χ1) is 18.4. The summed E-state index contributed by atoms with van der Waals surface area (Å²) in [5, 5.41) is 4.55. The standard InChI is InChI=1S/C28H31N7O3/c1-17-15-20(3-4-21(17)18-7-12-35(13-8-18)24(36)9-14-38-2)32-26-25-19(5-10-30-27(25)37)16-23(33-26)22-6-11-31-28(29)34-22/h3-6,10-11,15-16,18H,7-9,12-14H2,1-2H3,(H,30,37)(H,32,33)(H2,29,31,34). The molecule has 0 atom stereocenters. The monoisotopic (exact) mass is 513 g/mol. The Kier molecular flexibility index (Phi) is 7.32. The van der Waals surface area contributed by atoms with Crippen LogP contribution in [0.4, 0.5) is 17.5 Å². The number of hydrogen-bond acceptors (Lipinski definition) is 8. The van der Waals surface area contributed by atoms with Crippen molar-refractivity contribution in [3.8, 4) is 11.4 Å². The van der Waals surface area contributed by atoms with E-state index in [4.69, 9.17) is 15.5 Å². The van der Waals surface area contributed by atoms with Gasteiger partial charge in [0.1, 0.15) is 5.82 Å². The van der Waals surface area contributed by atoms with Crippen molar-refractivity contribution in [3.05, 3.63) is 70.3 Å². The van der Waals surface area contributed by atoms with Gasteiger partial charge in [-0.05, 0) is 72.5 Å². The molecule has 4 heterocycles. The number of amides is 1. The number of H-pyrrole nitrogens is 1. The number of fused-ring (bicyclic) bond motifs is 1. The molecule has 1 amide bonds. The molecule has 0 saturated carbocycles. The number of nitrogen functional groups attached to an aromatic ring is 1. The van der Waals surface area contributed by atoms with E-state index in [-0.39, 0.29) is 17.4 Å². The Morgan fingerprint density at radius 3 is 2.71 bits per heavy atom. The smallest absolute Gasteiger partial charge is 0.259 e. The third-order valence-electron chi connectivity index (χ3n) is 7.03. The Morgan fingerprint density at radius 1 is 1.16 bits per heavy atom. The molecule has 1 saturated heterocycles. The molecular weight excluding hydrogens is 482 g/mol. The maximum atomic E-state index is 12.7. The minimum absolute atomic E-state index is 0.154. The lowest BCUT2D eigenvalue weighted by molar-refractivity contribution is -0.133. The summed E-state index contributed by atoms with van der Waals surface area (Å²) in [6, 6.07) is 11.6. The number of anilines is 3. The Bertz CT molecular complexity index is 1530. The van der Waals surface area contributed by atoms with Crippen LogP contribution in [0.5, 0.6) is 0 Å². The fourth-order valence-electron chi connectivity index (χ4n) is 5.09. The number of aryl methyl sites for hydroxylation is 1. The number of pyridine rings is 2. The van der Waals surface area contributed by atoms with E-state index < -0.39 is 0 Å². The quantitative estimate of drug-likeness (QED) is 0.339. The molecule has 1 aliphatic heterocycles. The Hall–Kier alpha value is -4.31. The number of likely N-dealkylation sites (tertiary alicyclic amines) is 1. The minimum atomic E-state index is -0.230. The molecule has 1 aromatic carbocycles. The van der Waals surface area contributed by atoms with Gasteiger partial charge in [-0.15, -0.1) is 0 Å².